The summed E-state index contributed by atoms with van der Waals surface area (Å²) in [7, 11) is 0. The lowest BCUT2D eigenvalue weighted by molar-refractivity contribution is -0.136. The molecule has 0 spiro atoms. The Morgan fingerprint density at radius 3 is 2.44 bits per heavy atom. The Kier molecular flexibility index (Phi) is 4.62. The molecular weight excluding hydrogens is 228 g/mol. The second-order valence-corrected chi connectivity index (χ2v) is 6.16. The van der Waals surface area contributed by atoms with Gasteiger partial charge in [0.15, 0.2) is 0 Å². The third-order valence-corrected chi connectivity index (χ3v) is 3.91. The van der Waals surface area contributed by atoms with Crippen LogP contribution in [-0.4, -0.2) is 61.1 Å². The van der Waals surface area contributed by atoms with Gasteiger partial charge in [-0.1, -0.05) is 13.8 Å². The van der Waals surface area contributed by atoms with Gasteiger partial charge in [0.1, 0.15) is 0 Å². The van der Waals surface area contributed by atoms with Crippen LogP contribution in [-0.2, 0) is 9.53 Å². The van der Waals surface area contributed by atoms with Crippen molar-refractivity contribution in [2.24, 2.45) is 11.8 Å². The van der Waals surface area contributed by atoms with Crippen molar-refractivity contribution in [2.75, 3.05) is 39.3 Å². The Hall–Kier alpha value is -0.610. The maximum absolute atomic E-state index is 12.3. The van der Waals surface area contributed by atoms with E-state index in [9.17, 15) is 4.79 Å². The predicted molar refractivity (Wildman–Crippen MR) is 71.4 cm³/mol. The molecule has 2 heterocycles. The highest BCUT2D eigenvalue weighted by Crippen LogP contribution is 2.21. The van der Waals surface area contributed by atoms with E-state index in [1.807, 2.05) is 0 Å². The lowest BCUT2D eigenvalue weighted by atomic mass is 9.92. The summed E-state index contributed by atoms with van der Waals surface area (Å²) < 4.78 is 5.50. The minimum absolute atomic E-state index is 0.255. The molecule has 3 atom stereocenters. The fourth-order valence-electron chi connectivity index (χ4n) is 3.19. The summed E-state index contributed by atoms with van der Waals surface area (Å²) in [5.41, 5.74) is 0. The van der Waals surface area contributed by atoms with Crippen LogP contribution in [0.2, 0.25) is 0 Å². The smallest absolute Gasteiger partial charge is 0.236 e. The number of piperidine rings is 1. The van der Waals surface area contributed by atoms with Crippen LogP contribution in [0.1, 0.15) is 27.2 Å². The zero-order chi connectivity index (χ0) is 13.1. The van der Waals surface area contributed by atoms with Crippen LogP contribution in [0, 0.1) is 11.8 Å². The number of hydrogen-bond donors (Lipinski definition) is 0. The first-order chi connectivity index (χ1) is 8.54. The zero-order valence-corrected chi connectivity index (χ0v) is 11.9. The van der Waals surface area contributed by atoms with E-state index in [2.05, 4.69) is 30.6 Å². The Labute approximate surface area is 110 Å². The molecule has 0 N–H and O–H groups in total. The number of carbonyl (C=O) groups excluding carboxylic acids is 1. The van der Waals surface area contributed by atoms with Crippen LogP contribution >= 0.6 is 0 Å². The predicted octanol–water partition coefficient (Wildman–Crippen LogP) is 1.21. The maximum atomic E-state index is 12.3. The van der Waals surface area contributed by atoms with E-state index in [1.54, 1.807) is 0 Å². The number of morpholine rings is 1. The molecule has 0 saturated carbocycles. The Morgan fingerprint density at radius 1 is 1.17 bits per heavy atom. The molecule has 0 aromatic rings. The molecule has 2 aliphatic rings. The molecule has 0 aliphatic carbocycles. The van der Waals surface area contributed by atoms with Gasteiger partial charge in [-0.25, -0.2) is 0 Å². The van der Waals surface area contributed by atoms with Crippen molar-refractivity contribution >= 4 is 5.91 Å². The quantitative estimate of drug-likeness (QED) is 0.742. The van der Waals surface area contributed by atoms with Gasteiger partial charge >= 0.3 is 0 Å². The lowest BCUT2D eigenvalue weighted by Crippen LogP contribution is -2.50. The number of ether oxygens (including phenoxy) is 1. The molecule has 104 valence electrons. The molecular formula is C14H26N2O2. The van der Waals surface area contributed by atoms with Gasteiger partial charge in [-0.05, 0) is 25.2 Å². The van der Waals surface area contributed by atoms with E-state index in [0.717, 1.165) is 32.8 Å². The topological polar surface area (TPSA) is 32.8 Å². The Bertz CT molecular complexity index is 286. The summed E-state index contributed by atoms with van der Waals surface area (Å²) in [5.74, 6) is 1.57. The van der Waals surface area contributed by atoms with Crippen molar-refractivity contribution in [3.8, 4) is 0 Å². The Morgan fingerprint density at radius 2 is 1.83 bits per heavy atom. The summed E-state index contributed by atoms with van der Waals surface area (Å²) in [6.45, 7) is 11.5. The Balaban J connectivity index is 1.83. The molecule has 0 radical (unpaired) electrons. The standard InChI is InChI=1S/C14H26N2O2/c1-11-6-12(2)8-16(7-11)14(17)10-15-4-5-18-13(3)9-15/h11-13H,4-10H2,1-3H3. The van der Waals surface area contributed by atoms with Crippen molar-refractivity contribution in [3.05, 3.63) is 0 Å². The number of rotatable bonds is 2. The largest absolute Gasteiger partial charge is 0.376 e. The van der Waals surface area contributed by atoms with Crippen LogP contribution in [0.15, 0.2) is 0 Å². The van der Waals surface area contributed by atoms with E-state index in [-0.39, 0.29) is 6.10 Å². The molecule has 4 heteroatoms. The van der Waals surface area contributed by atoms with Crippen molar-refractivity contribution < 1.29 is 9.53 Å². The first kappa shape index (κ1) is 13.8. The van der Waals surface area contributed by atoms with Crippen molar-refractivity contribution in [2.45, 2.75) is 33.3 Å². The molecule has 3 unspecified atom stereocenters. The van der Waals surface area contributed by atoms with E-state index >= 15 is 0 Å². The molecule has 2 fully saturated rings. The highest BCUT2D eigenvalue weighted by Gasteiger charge is 2.27. The van der Waals surface area contributed by atoms with Crippen LogP contribution in [0.3, 0.4) is 0 Å². The second-order valence-electron chi connectivity index (χ2n) is 6.16. The van der Waals surface area contributed by atoms with E-state index < -0.39 is 0 Å². The van der Waals surface area contributed by atoms with E-state index in [1.165, 1.54) is 6.42 Å². The third kappa shape index (κ3) is 3.69. The highest BCUT2D eigenvalue weighted by atomic mass is 16.5. The number of nitrogens with zero attached hydrogens (tertiary/aromatic N) is 2. The molecule has 2 rings (SSSR count). The lowest BCUT2D eigenvalue weighted by Gasteiger charge is -2.37. The first-order valence-electron chi connectivity index (χ1n) is 7.16. The summed E-state index contributed by atoms with van der Waals surface area (Å²) in [5, 5.41) is 0. The van der Waals surface area contributed by atoms with Crippen molar-refractivity contribution in [1.29, 1.82) is 0 Å². The van der Waals surface area contributed by atoms with Gasteiger partial charge in [0, 0.05) is 26.2 Å². The van der Waals surface area contributed by atoms with E-state index in [0.29, 0.717) is 24.3 Å². The van der Waals surface area contributed by atoms with Crippen LogP contribution in [0.5, 0.6) is 0 Å². The van der Waals surface area contributed by atoms with Gasteiger partial charge < -0.3 is 9.64 Å². The van der Waals surface area contributed by atoms with Gasteiger partial charge in [0.25, 0.3) is 0 Å². The number of amides is 1. The first-order valence-corrected chi connectivity index (χ1v) is 7.16. The summed E-state index contributed by atoms with van der Waals surface area (Å²) in [4.78, 5) is 16.6. The minimum Gasteiger partial charge on any atom is -0.376 e. The molecule has 0 aromatic heterocycles. The zero-order valence-electron chi connectivity index (χ0n) is 11.9. The monoisotopic (exact) mass is 254 g/mol. The van der Waals surface area contributed by atoms with Gasteiger partial charge in [-0.3, -0.25) is 9.69 Å². The minimum atomic E-state index is 0.255. The van der Waals surface area contributed by atoms with Gasteiger partial charge in [-0.2, -0.15) is 0 Å². The molecule has 1 amide bonds. The molecule has 18 heavy (non-hydrogen) atoms. The van der Waals surface area contributed by atoms with Gasteiger partial charge in [-0.15, -0.1) is 0 Å². The number of carbonyl (C=O) groups is 1. The van der Waals surface area contributed by atoms with E-state index in [4.69, 9.17) is 4.74 Å². The summed E-state index contributed by atoms with van der Waals surface area (Å²) in [6, 6.07) is 0. The number of hydrogen-bond acceptors (Lipinski definition) is 3. The van der Waals surface area contributed by atoms with Gasteiger partial charge in [0.05, 0.1) is 19.3 Å². The second kappa shape index (κ2) is 6.02. The third-order valence-electron chi connectivity index (χ3n) is 3.91. The average molecular weight is 254 g/mol. The van der Waals surface area contributed by atoms with Crippen LogP contribution < -0.4 is 0 Å². The SMILES string of the molecule is CC1CC(C)CN(C(=O)CN2CCOC(C)C2)C1. The summed E-state index contributed by atoms with van der Waals surface area (Å²) in [6.07, 6.45) is 1.50. The number of likely N-dealkylation sites (tertiary alicyclic amines) is 1. The highest BCUT2D eigenvalue weighted by molar-refractivity contribution is 5.78. The molecule has 4 nitrogen and oxygen atoms in total. The average Bonchev–Trinajstić information content (AvgIpc) is 2.27. The van der Waals surface area contributed by atoms with Crippen molar-refractivity contribution in [1.82, 2.24) is 9.80 Å². The molecule has 0 aromatic carbocycles. The fraction of sp³-hybridized carbons (Fsp3) is 0.929. The van der Waals surface area contributed by atoms with Gasteiger partial charge in [0.2, 0.25) is 5.91 Å². The maximum Gasteiger partial charge on any atom is 0.236 e. The van der Waals surface area contributed by atoms with Crippen molar-refractivity contribution in [3.63, 3.8) is 0 Å². The summed E-state index contributed by atoms with van der Waals surface area (Å²) >= 11 is 0. The fourth-order valence-corrected chi connectivity index (χ4v) is 3.19. The molecule has 2 saturated heterocycles. The van der Waals surface area contributed by atoms with Crippen LogP contribution in [0.4, 0.5) is 0 Å². The molecule has 2 aliphatic heterocycles. The molecule has 0 bridgehead atoms. The normalized spacial score (nSPS) is 34.6. The van der Waals surface area contributed by atoms with Crippen LogP contribution in [0.25, 0.3) is 0 Å².